The molecule has 1 aliphatic heterocycles. The highest BCUT2D eigenvalue weighted by molar-refractivity contribution is 14.1. The molecule has 0 atom stereocenters. The number of nitrogens with zero attached hydrogens (tertiary/aromatic N) is 1. The number of halogens is 1. The molecule has 1 heterocycles. The van der Waals surface area contributed by atoms with Crippen LogP contribution in [0.2, 0.25) is 0 Å². The SMILES string of the molecule is Cc1ccc(C)c(CN2C(=O)Cc3cc(I)ccc32)c1. The maximum Gasteiger partial charge on any atom is 0.231 e. The maximum atomic E-state index is 12.3. The number of carbonyl (C=O) groups is 1. The Hall–Kier alpha value is -1.36. The Morgan fingerprint density at radius 3 is 2.75 bits per heavy atom. The van der Waals surface area contributed by atoms with Crippen LogP contribution in [0, 0.1) is 17.4 Å². The Labute approximate surface area is 132 Å². The van der Waals surface area contributed by atoms with Gasteiger partial charge in [0.15, 0.2) is 0 Å². The minimum absolute atomic E-state index is 0.197. The van der Waals surface area contributed by atoms with E-state index in [0.717, 1.165) is 11.3 Å². The predicted octanol–water partition coefficient (Wildman–Crippen LogP) is 4.00. The van der Waals surface area contributed by atoms with Crippen LogP contribution in [-0.2, 0) is 17.8 Å². The monoisotopic (exact) mass is 377 g/mol. The van der Waals surface area contributed by atoms with Crippen LogP contribution in [0.1, 0.15) is 22.3 Å². The lowest BCUT2D eigenvalue weighted by Crippen LogP contribution is -2.26. The molecule has 0 saturated heterocycles. The molecule has 1 aliphatic rings. The zero-order valence-corrected chi connectivity index (χ0v) is 13.8. The molecule has 0 spiro atoms. The number of fused-ring (bicyclic) bond motifs is 1. The van der Waals surface area contributed by atoms with Crippen molar-refractivity contribution in [3.05, 3.63) is 62.2 Å². The van der Waals surface area contributed by atoms with Crippen molar-refractivity contribution in [3.8, 4) is 0 Å². The molecule has 0 bridgehead atoms. The van der Waals surface area contributed by atoms with Gasteiger partial charge in [-0.15, -0.1) is 0 Å². The van der Waals surface area contributed by atoms with Crippen molar-refractivity contribution in [1.29, 1.82) is 0 Å². The molecule has 3 rings (SSSR count). The normalized spacial score (nSPS) is 13.8. The molecule has 0 aromatic heterocycles. The van der Waals surface area contributed by atoms with Crippen LogP contribution in [0.5, 0.6) is 0 Å². The quantitative estimate of drug-likeness (QED) is 0.725. The molecule has 2 aromatic carbocycles. The van der Waals surface area contributed by atoms with E-state index in [1.165, 1.54) is 20.3 Å². The fourth-order valence-electron chi connectivity index (χ4n) is 2.67. The smallest absolute Gasteiger partial charge is 0.231 e. The van der Waals surface area contributed by atoms with E-state index in [9.17, 15) is 4.79 Å². The second-order valence-electron chi connectivity index (χ2n) is 5.36. The van der Waals surface area contributed by atoms with Gasteiger partial charge in [-0.1, -0.05) is 23.8 Å². The third-order valence-electron chi connectivity index (χ3n) is 3.81. The average Bonchev–Trinajstić information content (AvgIpc) is 2.69. The summed E-state index contributed by atoms with van der Waals surface area (Å²) in [4.78, 5) is 14.2. The molecular weight excluding hydrogens is 361 g/mol. The summed E-state index contributed by atoms with van der Waals surface area (Å²) in [6, 6.07) is 12.6. The number of aryl methyl sites for hydroxylation is 2. The Morgan fingerprint density at radius 2 is 1.95 bits per heavy atom. The first-order chi connectivity index (χ1) is 9.54. The van der Waals surface area contributed by atoms with E-state index in [1.54, 1.807) is 0 Å². The lowest BCUT2D eigenvalue weighted by Gasteiger charge is -2.19. The number of hydrogen-bond donors (Lipinski definition) is 0. The summed E-state index contributed by atoms with van der Waals surface area (Å²) in [5.74, 6) is 0.197. The summed E-state index contributed by atoms with van der Waals surface area (Å²) in [7, 11) is 0. The first-order valence-electron chi connectivity index (χ1n) is 6.69. The lowest BCUT2D eigenvalue weighted by atomic mass is 10.1. The van der Waals surface area contributed by atoms with E-state index in [4.69, 9.17) is 0 Å². The van der Waals surface area contributed by atoms with Gasteiger partial charge in [0.05, 0.1) is 13.0 Å². The number of rotatable bonds is 2. The van der Waals surface area contributed by atoms with Gasteiger partial charge in [0.1, 0.15) is 0 Å². The van der Waals surface area contributed by atoms with E-state index in [2.05, 4.69) is 72.8 Å². The fraction of sp³-hybridized carbons (Fsp3) is 0.235. The number of carbonyl (C=O) groups excluding carboxylic acids is 1. The first kappa shape index (κ1) is 13.6. The zero-order chi connectivity index (χ0) is 14.3. The molecule has 0 aliphatic carbocycles. The molecule has 0 saturated carbocycles. The topological polar surface area (TPSA) is 20.3 Å². The Kier molecular flexibility index (Phi) is 3.54. The van der Waals surface area contributed by atoms with Crippen molar-refractivity contribution in [2.45, 2.75) is 26.8 Å². The second kappa shape index (κ2) is 5.20. The summed E-state index contributed by atoms with van der Waals surface area (Å²) >= 11 is 2.29. The van der Waals surface area contributed by atoms with Crippen LogP contribution in [0.3, 0.4) is 0 Å². The molecule has 2 nitrogen and oxygen atoms in total. The molecule has 1 amide bonds. The van der Waals surface area contributed by atoms with Gasteiger partial charge in [-0.25, -0.2) is 0 Å². The van der Waals surface area contributed by atoms with Gasteiger partial charge in [-0.05, 0) is 71.3 Å². The molecule has 0 radical (unpaired) electrons. The van der Waals surface area contributed by atoms with Gasteiger partial charge in [0, 0.05) is 9.26 Å². The molecule has 102 valence electrons. The lowest BCUT2D eigenvalue weighted by molar-refractivity contribution is -0.117. The maximum absolute atomic E-state index is 12.3. The van der Waals surface area contributed by atoms with Gasteiger partial charge in [-0.2, -0.15) is 0 Å². The summed E-state index contributed by atoms with van der Waals surface area (Å²) in [5, 5.41) is 0. The number of anilines is 1. The minimum Gasteiger partial charge on any atom is -0.307 e. The summed E-state index contributed by atoms with van der Waals surface area (Å²) in [6.07, 6.45) is 0.525. The van der Waals surface area contributed by atoms with Gasteiger partial charge in [0.25, 0.3) is 0 Å². The fourth-order valence-corrected chi connectivity index (χ4v) is 3.22. The largest absolute Gasteiger partial charge is 0.307 e. The van der Waals surface area contributed by atoms with Crippen molar-refractivity contribution in [2.75, 3.05) is 4.90 Å². The summed E-state index contributed by atoms with van der Waals surface area (Å²) in [6.45, 7) is 4.86. The van der Waals surface area contributed by atoms with E-state index in [0.29, 0.717) is 13.0 Å². The first-order valence-corrected chi connectivity index (χ1v) is 7.77. The van der Waals surface area contributed by atoms with Gasteiger partial charge in [0.2, 0.25) is 5.91 Å². The van der Waals surface area contributed by atoms with Crippen LogP contribution in [0.15, 0.2) is 36.4 Å². The van der Waals surface area contributed by atoms with Crippen molar-refractivity contribution >= 4 is 34.2 Å². The van der Waals surface area contributed by atoms with E-state index in [1.807, 2.05) is 4.90 Å². The Bertz CT molecular complexity index is 693. The molecule has 2 aromatic rings. The van der Waals surface area contributed by atoms with Gasteiger partial charge >= 0.3 is 0 Å². The highest BCUT2D eigenvalue weighted by Crippen LogP contribution is 2.32. The third kappa shape index (κ3) is 2.46. The zero-order valence-electron chi connectivity index (χ0n) is 11.6. The molecule has 0 fully saturated rings. The second-order valence-corrected chi connectivity index (χ2v) is 6.61. The number of benzene rings is 2. The molecule has 20 heavy (non-hydrogen) atoms. The van der Waals surface area contributed by atoms with E-state index >= 15 is 0 Å². The molecular formula is C17H16INO. The van der Waals surface area contributed by atoms with Crippen molar-refractivity contribution < 1.29 is 4.79 Å². The van der Waals surface area contributed by atoms with Crippen LogP contribution in [0.4, 0.5) is 5.69 Å². The van der Waals surface area contributed by atoms with Gasteiger partial charge < -0.3 is 4.90 Å². The van der Waals surface area contributed by atoms with Crippen molar-refractivity contribution in [3.63, 3.8) is 0 Å². The van der Waals surface area contributed by atoms with Crippen LogP contribution in [0.25, 0.3) is 0 Å². The van der Waals surface area contributed by atoms with Gasteiger partial charge in [-0.3, -0.25) is 4.79 Å². The number of amides is 1. The highest BCUT2D eigenvalue weighted by Gasteiger charge is 2.27. The Morgan fingerprint density at radius 1 is 1.15 bits per heavy atom. The van der Waals surface area contributed by atoms with E-state index < -0.39 is 0 Å². The van der Waals surface area contributed by atoms with Crippen LogP contribution < -0.4 is 4.90 Å². The van der Waals surface area contributed by atoms with Crippen molar-refractivity contribution in [2.24, 2.45) is 0 Å². The predicted molar refractivity (Wildman–Crippen MR) is 90.0 cm³/mol. The minimum atomic E-state index is 0.197. The standard InChI is InChI=1S/C17H16INO/c1-11-3-4-12(2)14(7-11)10-19-16-6-5-15(18)8-13(16)9-17(19)20/h3-8H,9-10H2,1-2H3. The average molecular weight is 377 g/mol. The molecule has 0 N–H and O–H groups in total. The summed E-state index contributed by atoms with van der Waals surface area (Å²) < 4.78 is 1.18. The highest BCUT2D eigenvalue weighted by atomic mass is 127. The molecule has 3 heteroatoms. The summed E-state index contributed by atoms with van der Waals surface area (Å²) in [5.41, 5.74) is 5.91. The van der Waals surface area contributed by atoms with E-state index in [-0.39, 0.29) is 5.91 Å². The third-order valence-corrected chi connectivity index (χ3v) is 4.48. The van der Waals surface area contributed by atoms with Crippen LogP contribution in [-0.4, -0.2) is 5.91 Å². The molecule has 0 unspecified atom stereocenters. The number of hydrogen-bond acceptors (Lipinski definition) is 1. The van der Waals surface area contributed by atoms with Crippen LogP contribution >= 0.6 is 22.6 Å². The Balaban J connectivity index is 1.96. The van der Waals surface area contributed by atoms with Crippen molar-refractivity contribution in [1.82, 2.24) is 0 Å².